The zero-order chi connectivity index (χ0) is 21.4. The van der Waals surface area contributed by atoms with E-state index in [4.69, 9.17) is 11.6 Å². The molecule has 1 saturated heterocycles. The van der Waals surface area contributed by atoms with Crippen molar-refractivity contribution in [3.05, 3.63) is 64.9 Å². The summed E-state index contributed by atoms with van der Waals surface area (Å²) in [5.41, 5.74) is 2.00. The second-order valence-electron chi connectivity index (χ2n) is 7.69. The van der Waals surface area contributed by atoms with E-state index in [0.29, 0.717) is 39.6 Å². The fourth-order valence-corrected chi connectivity index (χ4v) is 4.80. The van der Waals surface area contributed by atoms with Crippen molar-refractivity contribution in [3.8, 4) is 11.4 Å². The largest absolute Gasteiger partial charge is 0.324 e. The van der Waals surface area contributed by atoms with Gasteiger partial charge in [0.2, 0.25) is 5.91 Å². The van der Waals surface area contributed by atoms with Crippen LogP contribution in [0.4, 0.5) is 5.69 Å². The molecule has 1 aromatic heterocycles. The van der Waals surface area contributed by atoms with Crippen LogP contribution in [0, 0.1) is 0 Å². The van der Waals surface area contributed by atoms with Crippen molar-refractivity contribution < 1.29 is 9.59 Å². The Bertz CT molecular complexity index is 1130. The molecule has 2 amide bonds. The van der Waals surface area contributed by atoms with Gasteiger partial charge in [-0.2, -0.15) is 5.10 Å². The van der Waals surface area contributed by atoms with Gasteiger partial charge in [0.1, 0.15) is 11.9 Å². The summed E-state index contributed by atoms with van der Waals surface area (Å²) in [6, 6.07) is 13.6. The van der Waals surface area contributed by atoms with Crippen LogP contribution < -0.4 is 5.32 Å². The van der Waals surface area contributed by atoms with Crippen LogP contribution in [0.5, 0.6) is 0 Å². The molecule has 0 radical (unpaired) electrons. The minimum atomic E-state index is -0.540. The summed E-state index contributed by atoms with van der Waals surface area (Å²) in [4.78, 5) is 32.1. The molecule has 5 rings (SSSR count). The monoisotopic (exact) mass is 453 g/mol. The number of carbonyl (C=O) groups is 2. The lowest BCUT2D eigenvalue weighted by molar-refractivity contribution is -0.119. The Morgan fingerprint density at radius 3 is 2.74 bits per heavy atom. The first kappa shape index (κ1) is 20.1. The van der Waals surface area contributed by atoms with Crippen molar-refractivity contribution in [1.82, 2.24) is 20.1 Å². The van der Waals surface area contributed by atoms with E-state index in [1.807, 2.05) is 24.3 Å². The third kappa shape index (κ3) is 4.31. The molecule has 31 heavy (non-hydrogen) atoms. The summed E-state index contributed by atoms with van der Waals surface area (Å²) in [6.45, 7) is 0. The number of thioether (sulfide) groups is 1. The highest BCUT2D eigenvalue weighted by atomic mass is 35.5. The molecule has 2 aromatic carbocycles. The molecule has 1 unspecified atom stereocenters. The van der Waals surface area contributed by atoms with Crippen molar-refractivity contribution in [2.45, 2.75) is 24.8 Å². The predicted molar refractivity (Wildman–Crippen MR) is 121 cm³/mol. The van der Waals surface area contributed by atoms with Crippen LogP contribution in [0.15, 0.2) is 48.5 Å². The van der Waals surface area contributed by atoms with Crippen LogP contribution in [0.2, 0.25) is 5.02 Å². The van der Waals surface area contributed by atoms with E-state index in [1.54, 1.807) is 40.9 Å². The second-order valence-corrected chi connectivity index (χ2v) is 9.12. The zero-order valence-electron chi connectivity index (χ0n) is 16.5. The first-order valence-corrected chi connectivity index (χ1v) is 11.6. The number of nitrogens with zero attached hydrogens (tertiary/aromatic N) is 3. The van der Waals surface area contributed by atoms with Crippen molar-refractivity contribution in [2.75, 3.05) is 16.9 Å². The van der Waals surface area contributed by atoms with Crippen molar-refractivity contribution in [1.29, 1.82) is 0 Å². The third-order valence-corrected chi connectivity index (χ3v) is 6.66. The molecule has 0 bridgehead atoms. The van der Waals surface area contributed by atoms with Crippen LogP contribution in [0.3, 0.4) is 0 Å². The second kappa shape index (κ2) is 8.36. The number of aromatic nitrogens is 3. The van der Waals surface area contributed by atoms with Gasteiger partial charge in [-0.3, -0.25) is 14.7 Å². The van der Waals surface area contributed by atoms with Gasteiger partial charge in [-0.15, -0.1) is 11.8 Å². The SMILES string of the molecule is O=C(Nc1cccc(-c2n[nH]c(C3CC3)n2)c1)C1CSCN1C(=O)c1ccc(Cl)cc1. The van der Waals surface area contributed by atoms with Crippen LogP contribution in [0.25, 0.3) is 11.4 Å². The molecule has 2 aliphatic rings. The Balaban J connectivity index is 1.29. The van der Waals surface area contributed by atoms with Gasteiger partial charge in [-0.25, -0.2) is 4.98 Å². The van der Waals surface area contributed by atoms with Crippen molar-refractivity contribution >= 4 is 40.9 Å². The lowest BCUT2D eigenvalue weighted by Crippen LogP contribution is -2.44. The van der Waals surface area contributed by atoms with Gasteiger partial charge in [-0.1, -0.05) is 23.7 Å². The maximum Gasteiger partial charge on any atom is 0.255 e. The highest BCUT2D eigenvalue weighted by molar-refractivity contribution is 7.99. The number of hydrogen-bond donors (Lipinski definition) is 2. The van der Waals surface area contributed by atoms with E-state index in [0.717, 1.165) is 24.2 Å². The number of carbonyl (C=O) groups excluding carboxylic acids is 2. The quantitative estimate of drug-likeness (QED) is 0.605. The van der Waals surface area contributed by atoms with Crippen LogP contribution in [-0.2, 0) is 4.79 Å². The zero-order valence-corrected chi connectivity index (χ0v) is 18.1. The van der Waals surface area contributed by atoms with E-state index in [1.165, 1.54) is 0 Å². The molecular formula is C22H20ClN5O2S. The molecule has 2 heterocycles. The highest BCUT2D eigenvalue weighted by Crippen LogP contribution is 2.38. The van der Waals surface area contributed by atoms with E-state index in [-0.39, 0.29) is 11.8 Å². The summed E-state index contributed by atoms with van der Waals surface area (Å²) < 4.78 is 0. The average Bonchev–Trinajstić information content (AvgIpc) is 3.30. The topological polar surface area (TPSA) is 91.0 Å². The number of halogens is 1. The molecule has 1 aliphatic carbocycles. The maximum absolute atomic E-state index is 13.0. The van der Waals surface area contributed by atoms with Gasteiger partial charge >= 0.3 is 0 Å². The Morgan fingerprint density at radius 1 is 1.16 bits per heavy atom. The molecule has 0 spiro atoms. The normalized spacial score (nSPS) is 18.2. The van der Waals surface area contributed by atoms with Gasteiger partial charge in [0.05, 0.1) is 5.88 Å². The number of aromatic amines is 1. The summed E-state index contributed by atoms with van der Waals surface area (Å²) in [5.74, 6) is 2.67. The molecule has 1 saturated carbocycles. The molecule has 3 aromatic rings. The van der Waals surface area contributed by atoms with Gasteiger partial charge < -0.3 is 10.2 Å². The van der Waals surface area contributed by atoms with E-state index in [9.17, 15) is 9.59 Å². The van der Waals surface area contributed by atoms with Crippen molar-refractivity contribution in [2.24, 2.45) is 0 Å². The first-order chi connectivity index (χ1) is 15.1. The molecule has 7 nitrogen and oxygen atoms in total. The molecule has 2 fully saturated rings. The summed E-state index contributed by atoms with van der Waals surface area (Å²) in [7, 11) is 0. The van der Waals surface area contributed by atoms with Crippen LogP contribution in [0.1, 0.15) is 34.9 Å². The molecular weight excluding hydrogens is 434 g/mol. The number of nitrogens with one attached hydrogen (secondary N) is 2. The minimum absolute atomic E-state index is 0.177. The minimum Gasteiger partial charge on any atom is -0.324 e. The van der Waals surface area contributed by atoms with E-state index in [2.05, 4.69) is 20.5 Å². The van der Waals surface area contributed by atoms with Crippen LogP contribution in [-0.4, -0.2) is 49.6 Å². The first-order valence-electron chi connectivity index (χ1n) is 10.1. The highest BCUT2D eigenvalue weighted by Gasteiger charge is 2.35. The molecule has 9 heteroatoms. The Hall–Kier alpha value is -2.84. The van der Waals surface area contributed by atoms with Crippen LogP contribution >= 0.6 is 23.4 Å². The Morgan fingerprint density at radius 2 is 1.97 bits per heavy atom. The van der Waals surface area contributed by atoms with Gasteiger partial charge in [0.25, 0.3) is 5.91 Å². The molecule has 1 aliphatic heterocycles. The fraction of sp³-hybridized carbons (Fsp3) is 0.273. The number of amides is 2. The Kier molecular flexibility index (Phi) is 5.41. The molecule has 1 atom stereocenters. The average molecular weight is 454 g/mol. The lowest BCUT2D eigenvalue weighted by atomic mass is 10.1. The van der Waals surface area contributed by atoms with Gasteiger partial charge in [0.15, 0.2) is 5.82 Å². The van der Waals surface area contributed by atoms with Gasteiger partial charge in [-0.05, 0) is 49.2 Å². The smallest absolute Gasteiger partial charge is 0.255 e. The van der Waals surface area contributed by atoms with E-state index < -0.39 is 6.04 Å². The number of hydrogen-bond acceptors (Lipinski definition) is 5. The standard InChI is InChI=1S/C22H20ClN5O2S/c23-16-8-6-14(7-9-16)22(30)28-12-31-11-18(28)21(29)24-17-3-1-2-15(10-17)20-25-19(26-27-20)13-4-5-13/h1-3,6-10,13,18H,4-5,11-12H2,(H,24,29)(H,25,26,27). The number of H-pyrrole nitrogens is 1. The maximum atomic E-state index is 13.0. The van der Waals surface area contributed by atoms with Gasteiger partial charge in [0, 0.05) is 33.5 Å². The van der Waals surface area contributed by atoms with Crippen molar-refractivity contribution in [3.63, 3.8) is 0 Å². The van der Waals surface area contributed by atoms with E-state index >= 15 is 0 Å². The number of benzene rings is 2. The molecule has 158 valence electrons. The summed E-state index contributed by atoms with van der Waals surface area (Å²) in [5, 5.41) is 10.8. The number of rotatable bonds is 5. The fourth-order valence-electron chi connectivity index (χ4n) is 3.52. The Labute approximate surface area is 188 Å². The summed E-state index contributed by atoms with van der Waals surface area (Å²) in [6.07, 6.45) is 2.30. The summed E-state index contributed by atoms with van der Waals surface area (Å²) >= 11 is 7.48. The predicted octanol–water partition coefficient (Wildman–Crippen LogP) is 4.16. The number of anilines is 1. The lowest BCUT2D eigenvalue weighted by Gasteiger charge is -2.23. The molecule has 2 N–H and O–H groups in total. The third-order valence-electron chi connectivity index (χ3n) is 5.39.